The fraction of sp³-hybridized carbons (Fsp3) is 0. The van der Waals surface area contributed by atoms with Crippen molar-refractivity contribution in [3.63, 3.8) is 0 Å². The molecule has 0 nitrogen and oxygen atoms in total. The molecule has 0 N–H and O–H groups in total. The molecular weight excluding hydrogens is 169 g/mol. The maximum Gasteiger partial charge on any atom is 0 e. The third-order valence-corrected chi connectivity index (χ3v) is 0. The van der Waals surface area contributed by atoms with E-state index in [1.165, 1.54) is 0 Å². The van der Waals surface area contributed by atoms with Crippen LogP contribution in [0.4, 0.5) is 28.2 Å². The molecule has 0 aliphatic heterocycles. The van der Waals surface area contributed by atoms with Gasteiger partial charge in [0.05, 0.1) is 0 Å². The molecule has 0 saturated carbocycles. The first kappa shape index (κ1) is 696. The SMILES string of the molecule is F.F.F.F.F.F.[LiH].[Ti]. The Morgan fingerprint density at radius 3 is 0.375 bits per heavy atom. The summed E-state index contributed by atoms with van der Waals surface area (Å²) in [6.45, 7) is 0. The van der Waals surface area contributed by atoms with Crippen molar-refractivity contribution in [2.24, 2.45) is 0 Å². The van der Waals surface area contributed by atoms with E-state index in [2.05, 4.69) is 0 Å². The van der Waals surface area contributed by atoms with Gasteiger partial charge in [-0.15, -0.1) is 0 Å². The van der Waals surface area contributed by atoms with E-state index >= 15 is 0 Å². The Morgan fingerprint density at radius 2 is 0.375 bits per heavy atom. The predicted molar refractivity (Wildman–Crippen MR) is 22.2 cm³/mol. The van der Waals surface area contributed by atoms with Gasteiger partial charge in [0.2, 0.25) is 0 Å². The van der Waals surface area contributed by atoms with Crippen molar-refractivity contribution in [1.29, 1.82) is 0 Å². The average Bonchev–Trinajstić information content (AvgIpc) is 0. The van der Waals surface area contributed by atoms with Gasteiger partial charge in [-0.05, 0) is 0 Å². The van der Waals surface area contributed by atoms with E-state index in [-0.39, 0.29) is 68.8 Å². The van der Waals surface area contributed by atoms with Crippen molar-refractivity contribution in [3.8, 4) is 0 Å². The Labute approximate surface area is 69.0 Å². The molecule has 0 aromatic heterocycles. The van der Waals surface area contributed by atoms with Crippen LogP contribution in [0.2, 0.25) is 0 Å². The zero-order valence-corrected chi connectivity index (χ0v) is 4.51. The van der Waals surface area contributed by atoms with E-state index in [1.54, 1.807) is 0 Å². The first-order valence-electron chi connectivity index (χ1n) is 0. The number of rotatable bonds is 0. The van der Waals surface area contributed by atoms with Crippen LogP contribution in [0.5, 0.6) is 0 Å². The van der Waals surface area contributed by atoms with E-state index in [0.717, 1.165) is 0 Å². The maximum absolute atomic E-state index is 0. The van der Waals surface area contributed by atoms with Crippen molar-refractivity contribution < 1.29 is 49.9 Å². The smallest absolute Gasteiger partial charge is 0 e. The van der Waals surface area contributed by atoms with Gasteiger partial charge in [0.15, 0.2) is 0 Å². The van der Waals surface area contributed by atoms with Gasteiger partial charge in [-0.1, -0.05) is 0 Å². The zero-order chi connectivity index (χ0) is 0. The van der Waals surface area contributed by atoms with Crippen molar-refractivity contribution in [1.82, 2.24) is 0 Å². The summed E-state index contributed by atoms with van der Waals surface area (Å²) in [7, 11) is 0. The summed E-state index contributed by atoms with van der Waals surface area (Å²) in [4.78, 5) is 0. The van der Waals surface area contributed by atoms with Crippen LogP contribution in [0.15, 0.2) is 0 Å². The van der Waals surface area contributed by atoms with E-state index in [9.17, 15) is 0 Å². The van der Waals surface area contributed by atoms with Gasteiger partial charge in [0.25, 0.3) is 0 Å². The largest absolute Gasteiger partial charge is 0 e. The topological polar surface area (TPSA) is 0 Å². The molecule has 0 aromatic carbocycles. The second kappa shape index (κ2) is 471. The van der Waals surface area contributed by atoms with Crippen LogP contribution < -0.4 is 0 Å². The van der Waals surface area contributed by atoms with Gasteiger partial charge in [-0.25, -0.2) is 0 Å². The zero-order valence-electron chi connectivity index (χ0n) is 2.95. The third kappa shape index (κ3) is 301. The minimum absolute atomic E-state index is 0. The molecule has 0 heterocycles. The van der Waals surface area contributed by atoms with E-state index < -0.39 is 0 Å². The normalized spacial score (nSPS) is 0. The number of hydrogen-bond donors (Lipinski definition) is 0. The van der Waals surface area contributed by atoms with Crippen molar-refractivity contribution in [3.05, 3.63) is 0 Å². The Balaban J connectivity index is 0. The summed E-state index contributed by atoms with van der Waals surface area (Å²) in [5, 5.41) is 0. The molecule has 0 aliphatic rings. The Bertz CT molecular complexity index is 8.49. The molecule has 8 heteroatoms. The molecule has 0 amide bonds. The Kier molecular flexibility index (Phi) is 41000. The van der Waals surface area contributed by atoms with Gasteiger partial charge in [-0.2, -0.15) is 0 Å². The van der Waals surface area contributed by atoms with Crippen molar-refractivity contribution >= 4 is 18.9 Å². The van der Waals surface area contributed by atoms with Crippen LogP contribution >= 0.6 is 0 Å². The molecule has 0 radical (unpaired) electrons. The van der Waals surface area contributed by atoms with Crippen molar-refractivity contribution in [2.75, 3.05) is 0 Å². The van der Waals surface area contributed by atoms with Crippen LogP contribution in [0.3, 0.4) is 0 Å². The van der Waals surface area contributed by atoms with Crippen LogP contribution in [-0.2, 0) is 21.7 Å². The van der Waals surface area contributed by atoms with E-state index in [4.69, 9.17) is 0 Å². The fourth-order valence-corrected chi connectivity index (χ4v) is 0. The van der Waals surface area contributed by atoms with Gasteiger partial charge < -0.3 is 0 Å². The van der Waals surface area contributed by atoms with E-state index in [1.807, 2.05) is 0 Å². The molecule has 0 bridgehead atoms. The maximum atomic E-state index is 0. The predicted octanol–water partition coefficient (Wildman–Crippen LogP) is 0.264. The summed E-state index contributed by atoms with van der Waals surface area (Å²) >= 11 is 0. The van der Waals surface area contributed by atoms with Crippen molar-refractivity contribution in [2.45, 2.75) is 0 Å². The molecule has 0 rings (SSSR count). The Hall–Kier alpha value is 0.892. The third-order valence-electron chi connectivity index (χ3n) is 0. The molecule has 0 aromatic rings. The summed E-state index contributed by atoms with van der Waals surface area (Å²) in [5.41, 5.74) is 0. The van der Waals surface area contributed by atoms with Gasteiger partial charge >= 0.3 is 18.9 Å². The fourth-order valence-electron chi connectivity index (χ4n) is 0. The van der Waals surface area contributed by atoms with Gasteiger partial charge in [0, 0.05) is 21.7 Å². The van der Waals surface area contributed by atoms with Gasteiger partial charge in [0.1, 0.15) is 0 Å². The van der Waals surface area contributed by atoms with Crippen LogP contribution in [0.25, 0.3) is 0 Å². The Morgan fingerprint density at radius 1 is 0.375 bits per heavy atom. The van der Waals surface area contributed by atoms with Crippen LogP contribution in [0.1, 0.15) is 0 Å². The molecular formula is H7F6LiTi. The molecule has 8 heavy (non-hydrogen) atoms. The molecule has 0 atom stereocenters. The van der Waals surface area contributed by atoms with Crippen LogP contribution in [-0.4, -0.2) is 18.9 Å². The van der Waals surface area contributed by atoms with Gasteiger partial charge in [-0.3, -0.25) is 28.2 Å². The first-order chi connectivity index (χ1) is 0. The molecule has 0 aliphatic carbocycles. The summed E-state index contributed by atoms with van der Waals surface area (Å²) in [5.74, 6) is 0. The molecule has 0 unspecified atom stereocenters. The molecule has 0 fully saturated rings. The molecule has 0 saturated heterocycles. The second-order valence-corrected chi connectivity index (χ2v) is 0. The van der Waals surface area contributed by atoms with E-state index in [0.29, 0.717) is 0 Å². The average molecular weight is 176 g/mol. The summed E-state index contributed by atoms with van der Waals surface area (Å²) in [6.07, 6.45) is 0. The molecule has 54 valence electrons. The standard InChI is InChI=1S/6FH.Li.Ti.H/h6*1H;;;. The minimum atomic E-state index is 0. The summed E-state index contributed by atoms with van der Waals surface area (Å²) < 4.78 is 0. The van der Waals surface area contributed by atoms with Crippen LogP contribution in [0, 0.1) is 0 Å². The summed E-state index contributed by atoms with van der Waals surface area (Å²) in [6, 6.07) is 0. The monoisotopic (exact) mass is 176 g/mol. The number of hydrogen-bond acceptors (Lipinski definition) is 0. The first-order valence-corrected chi connectivity index (χ1v) is 0. The number of halogens is 6. The second-order valence-electron chi connectivity index (χ2n) is 0. The quantitative estimate of drug-likeness (QED) is 0.366. The minimum Gasteiger partial charge on any atom is 0 e. The molecule has 0 spiro atoms.